The highest BCUT2D eigenvalue weighted by molar-refractivity contribution is 9.10. The number of rotatable bonds is 3. The van der Waals surface area contributed by atoms with Gasteiger partial charge in [-0.3, -0.25) is 4.79 Å². The van der Waals surface area contributed by atoms with E-state index in [4.69, 9.17) is 16.3 Å². The lowest BCUT2D eigenvalue weighted by Crippen LogP contribution is -1.98. The number of methoxy groups -OCH3 is 1. The van der Waals surface area contributed by atoms with E-state index in [1.54, 1.807) is 37.4 Å². The Bertz CT molecular complexity index is 565. The molecule has 0 unspecified atom stereocenters. The Morgan fingerprint density at radius 1 is 1.35 bits per heavy atom. The molecule has 17 heavy (non-hydrogen) atoms. The Hall–Kier alpha value is -0.840. The van der Waals surface area contributed by atoms with Crippen LogP contribution in [0.4, 0.5) is 0 Å². The van der Waals surface area contributed by atoms with Crippen LogP contribution in [0.1, 0.15) is 15.2 Å². The maximum Gasteiger partial charge on any atom is 0.203 e. The largest absolute Gasteiger partial charge is 0.496 e. The maximum absolute atomic E-state index is 12.1. The van der Waals surface area contributed by atoms with Crippen LogP contribution in [0.15, 0.2) is 34.8 Å². The summed E-state index contributed by atoms with van der Waals surface area (Å²) in [7, 11) is 1.58. The van der Waals surface area contributed by atoms with E-state index in [1.807, 2.05) is 0 Å². The SMILES string of the molecule is COc1ccc(C(=O)c2ccc(Cl)s2)cc1Br. The van der Waals surface area contributed by atoms with Gasteiger partial charge in [0, 0.05) is 5.56 Å². The monoisotopic (exact) mass is 330 g/mol. The minimum absolute atomic E-state index is 0.0368. The number of hydrogen-bond acceptors (Lipinski definition) is 3. The Labute approximate surface area is 116 Å². The zero-order valence-corrected chi connectivity index (χ0v) is 12.0. The lowest BCUT2D eigenvalue weighted by atomic mass is 10.1. The first-order chi connectivity index (χ1) is 8.11. The molecule has 0 spiro atoms. The lowest BCUT2D eigenvalue weighted by Gasteiger charge is -2.04. The van der Waals surface area contributed by atoms with Crippen LogP contribution in [-0.2, 0) is 0 Å². The van der Waals surface area contributed by atoms with Crippen molar-refractivity contribution in [1.82, 2.24) is 0 Å². The first kappa shape index (κ1) is 12.6. The molecule has 1 aromatic heterocycles. The minimum atomic E-state index is -0.0368. The van der Waals surface area contributed by atoms with E-state index in [0.717, 1.165) is 4.47 Å². The molecule has 5 heteroatoms. The number of benzene rings is 1. The summed E-state index contributed by atoms with van der Waals surface area (Å²) in [6.45, 7) is 0. The molecule has 2 rings (SSSR count). The van der Waals surface area contributed by atoms with Crippen LogP contribution in [0.25, 0.3) is 0 Å². The highest BCUT2D eigenvalue weighted by atomic mass is 79.9. The second-order valence-electron chi connectivity index (χ2n) is 3.28. The van der Waals surface area contributed by atoms with Crippen molar-refractivity contribution in [1.29, 1.82) is 0 Å². The van der Waals surface area contributed by atoms with Gasteiger partial charge < -0.3 is 4.74 Å². The average molecular weight is 332 g/mol. The Balaban J connectivity index is 2.35. The number of halogens is 2. The minimum Gasteiger partial charge on any atom is -0.496 e. The normalized spacial score (nSPS) is 10.3. The van der Waals surface area contributed by atoms with Crippen LogP contribution >= 0.6 is 38.9 Å². The highest BCUT2D eigenvalue weighted by Gasteiger charge is 2.13. The van der Waals surface area contributed by atoms with Crippen LogP contribution in [-0.4, -0.2) is 12.9 Å². The van der Waals surface area contributed by atoms with Crippen LogP contribution < -0.4 is 4.74 Å². The Kier molecular flexibility index (Phi) is 3.86. The van der Waals surface area contributed by atoms with Gasteiger partial charge in [-0.25, -0.2) is 0 Å². The zero-order valence-electron chi connectivity index (χ0n) is 8.87. The van der Waals surface area contributed by atoms with Gasteiger partial charge in [0.1, 0.15) is 5.75 Å². The fourth-order valence-corrected chi connectivity index (χ4v) is 2.93. The standard InChI is InChI=1S/C12H8BrClO2S/c1-16-9-3-2-7(6-8(9)13)12(15)10-4-5-11(14)17-10/h2-6H,1H3. The molecule has 2 nitrogen and oxygen atoms in total. The van der Waals surface area contributed by atoms with Crippen molar-refractivity contribution >= 4 is 44.7 Å². The topological polar surface area (TPSA) is 26.3 Å². The number of hydrogen-bond donors (Lipinski definition) is 0. The van der Waals surface area contributed by atoms with E-state index < -0.39 is 0 Å². The summed E-state index contributed by atoms with van der Waals surface area (Å²) in [5.41, 5.74) is 0.608. The molecule has 0 N–H and O–H groups in total. The highest BCUT2D eigenvalue weighted by Crippen LogP contribution is 2.28. The van der Waals surface area contributed by atoms with Gasteiger partial charge in [0.2, 0.25) is 5.78 Å². The third-order valence-corrected chi connectivity index (χ3v) is 4.06. The van der Waals surface area contributed by atoms with Crippen molar-refractivity contribution in [3.05, 3.63) is 49.6 Å². The summed E-state index contributed by atoms with van der Waals surface area (Å²) in [5, 5.41) is 0. The molecule has 0 fully saturated rings. The van der Waals surface area contributed by atoms with Crippen molar-refractivity contribution in [2.45, 2.75) is 0 Å². The smallest absolute Gasteiger partial charge is 0.203 e. The second-order valence-corrected chi connectivity index (χ2v) is 5.85. The Morgan fingerprint density at radius 2 is 2.12 bits per heavy atom. The molecular weight excluding hydrogens is 324 g/mol. The molecule has 0 atom stereocenters. The van der Waals surface area contributed by atoms with E-state index in [1.165, 1.54) is 11.3 Å². The predicted molar refractivity (Wildman–Crippen MR) is 73.5 cm³/mol. The second kappa shape index (κ2) is 5.21. The van der Waals surface area contributed by atoms with Gasteiger partial charge in [-0.1, -0.05) is 11.6 Å². The van der Waals surface area contributed by atoms with Gasteiger partial charge in [-0.15, -0.1) is 11.3 Å². The fraction of sp³-hybridized carbons (Fsp3) is 0.0833. The number of ether oxygens (including phenoxy) is 1. The van der Waals surface area contributed by atoms with E-state index in [0.29, 0.717) is 20.5 Å². The molecule has 2 aromatic rings. The summed E-state index contributed by atoms with van der Waals surface area (Å²) in [6, 6.07) is 8.69. The van der Waals surface area contributed by atoms with Gasteiger partial charge in [-0.2, -0.15) is 0 Å². The van der Waals surface area contributed by atoms with Gasteiger partial charge >= 0.3 is 0 Å². The summed E-state index contributed by atoms with van der Waals surface area (Å²) in [6.07, 6.45) is 0. The van der Waals surface area contributed by atoms with Crippen LogP contribution in [0.3, 0.4) is 0 Å². The van der Waals surface area contributed by atoms with Crippen LogP contribution in [0.2, 0.25) is 4.34 Å². The molecule has 0 aliphatic rings. The first-order valence-electron chi connectivity index (χ1n) is 4.75. The summed E-state index contributed by atoms with van der Waals surface area (Å²) >= 11 is 10.4. The predicted octanol–water partition coefficient (Wildman–Crippen LogP) is 4.40. The van der Waals surface area contributed by atoms with Gasteiger partial charge in [0.05, 0.1) is 20.8 Å². The van der Waals surface area contributed by atoms with E-state index in [9.17, 15) is 4.79 Å². The summed E-state index contributed by atoms with van der Waals surface area (Å²) in [5.74, 6) is 0.663. The van der Waals surface area contributed by atoms with Crippen molar-refractivity contribution < 1.29 is 9.53 Å². The van der Waals surface area contributed by atoms with Crippen molar-refractivity contribution in [3.63, 3.8) is 0 Å². The molecule has 0 saturated heterocycles. The molecule has 1 heterocycles. The summed E-state index contributed by atoms with van der Waals surface area (Å²) < 4.78 is 6.48. The van der Waals surface area contributed by atoms with Crippen molar-refractivity contribution in [3.8, 4) is 5.75 Å². The van der Waals surface area contributed by atoms with Crippen LogP contribution in [0.5, 0.6) is 5.75 Å². The lowest BCUT2D eigenvalue weighted by molar-refractivity contribution is 0.104. The van der Waals surface area contributed by atoms with Gasteiger partial charge in [-0.05, 0) is 46.3 Å². The number of thiophene rings is 1. The van der Waals surface area contributed by atoms with Crippen molar-refractivity contribution in [2.24, 2.45) is 0 Å². The van der Waals surface area contributed by atoms with Gasteiger partial charge in [0.25, 0.3) is 0 Å². The molecule has 1 aromatic carbocycles. The molecule has 0 saturated carbocycles. The number of ketones is 1. The number of carbonyl (C=O) groups excluding carboxylic acids is 1. The van der Waals surface area contributed by atoms with Crippen LogP contribution in [0, 0.1) is 0 Å². The fourth-order valence-electron chi connectivity index (χ4n) is 1.39. The van der Waals surface area contributed by atoms with E-state index >= 15 is 0 Å². The molecule has 0 bridgehead atoms. The zero-order chi connectivity index (χ0) is 12.4. The average Bonchev–Trinajstić information content (AvgIpc) is 2.75. The molecule has 0 radical (unpaired) electrons. The Morgan fingerprint density at radius 3 is 2.65 bits per heavy atom. The first-order valence-corrected chi connectivity index (χ1v) is 6.74. The molecule has 0 aliphatic heterocycles. The number of carbonyl (C=O) groups is 1. The molecular formula is C12H8BrClO2S. The van der Waals surface area contributed by atoms with E-state index in [-0.39, 0.29) is 5.78 Å². The van der Waals surface area contributed by atoms with Crippen molar-refractivity contribution in [2.75, 3.05) is 7.11 Å². The molecule has 0 amide bonds. The summed E-state index contributed by atoms with van der Waals surface area (Å²) in [4.78, 5) is 12.7. The maximum atomic E-state index is 12.1. The third-order valence-electron chi connectivity index (χ3n) is 2.21. The third kappa shape index (κ3) is 2.70. The van der Waals surface area contributed by atoms with E-state index in [2.05, 4.69) is 15.9 Å². The molecule has 88 valence electrons. The van der Waals surface area contributed by atoms with Gasteiger partial charge in [0.15, 0.2) is 0 Å². The quantitative estimate of drug-likeness (QED) is 0.779. The molecule has 0 aliphatic carbocycles.